The molecule has 1 N–H and O–H groups in total. The lowest BCUT2D eigenvalue weighted by Crippen LogP contribution is -2.34. The normalized spacial score (nSPS) is 20.9. The van der Waals surface area contributed by atoms with Gasteiger partial charge in [0.15, 0.2) is 0 Å². The predicted molar refractivity (Wildman–Crippen MR) is 63.4 cm³/mol. The lowest BCUT2D eigenvalue weighted by molar-refractivity contribution is -0.111. The number of carbonyl (C=O) groups is 1. The molecule has 1 aliphatic rings. The van der Waals surface area contributed by atoms with Crippen LogP contribution in [0.5, 0.6) is 0 Å². The van der Waals surface area contributed by atoms with Crippen LogP contribution < -0.4 is 4.72 Å². The van der Waals surface area contributed by atoms with Gasteiger partial charge in [0.2, 0.25) is 0 Å². The quantitative estimate of drug-likeness (QED) is 0.616. The summed E-state index contributed by atoms with van der Waals surface area (Å²) in [5.74, 6) is 0. The number of para-hydroxylation sites is 1. The SMILES string of the molecule is CC(C)N1SNc2ccccc2C1C=O. The molecule has 0 aliphatic carbocycles. The fraction of sp³-hybridized carbons (Fsp3) is 0.364. The zero-order chi connectivity index (χ0) is 10.8. The standard InChI is InChI=1S/C11H14N2OS/c1-8(2)13-11(7-14)9-5-3-4-6-10(9)12-15-13/h3-8,11-12H,1-2H3. The lowest BCUT2D eigenvalue weighted by Gasteiger charge is -2.35. The van der Waals surface area contributed by atoms with Gasteiger partial charge in [0.05, 0.1) is 5.69 Å². The van der Waals surface area contributed by atoms with Crippen molar-refractivity contribution in [3.05, 3.63) is 29.8 Å². The first-order valence-corrected chi connectivity index (χ1v) is 5.77. The molecule has 3 nitrogen and oxygen atoms in total. The molecule has 1 unspecified atom stereocenters. The summed E-state index contributed by atoms with van der Waals surface area (Å²) < 4.78 is 5.31. The van der Waals surface area contributed by atoms with E-state index in [1.807, 2.05) is 24.3 Å². The zero-order valence-electron chi connectivity index (χ0n) is 8.81. The van der Waals surface area contributed by atoms with Crippen molar-refractivity contribution in [3.8, 4) is 0 Å². The Bertz CT molecular complexity index is 367. The number of fused-ring (bicyclic) bond motifs is 1. The molecular weight excluding hydrogens is 208 g/mol. The molecule has 0 bridgehead atoms. The highest BCUT2D eigenvalue weighted by Gasteiger charge is 2.29. The fourth-order valence-electron chi connectivity index (χ4n) is 1.70. The van der Waals surface area contributed by atoms with E-state index in [1.54, 1.807) is 0 Å². The van der Waals surface area contributed by atoms with E-state index in [0.29, 0.717) is 6.04 Å². The van der Waals surface area contributed by atoms with Gasteiger partial charge in [-0.25, -0.2) is 4.31 Å². The lowest BCUT2D eigenvalue weighted by atomic mass is 10.1. The van der Waals surface area contributed by atoms with Gasteiger partial charge in [-0.3, -0.25) is 0 Å². The number of benzene rings is 1. The maximum Gasteiger partial charge on any atom is 0.142 e. The van der Waals surface area contributed by atoms with Crippen molar-refractivity contribution in [2.24, 2.45) is 0 Å². The predicted octanol–water partition coefficient (Wildman–Crippen LogP) is 2.63. The Labute approximate surface area is 94.1 Å². The van der Waals surface area contributed by atoms with Gasteiger partial charge >= 0.3 is 0 Å². The van der Waals surface area contributed by atoms with E-state index in [1.165, 1.54) is 12.1 Å². The van der Waals surface area contributed by atoms with E-state index >= 15 is 0 Å². The smallest absolute Gasteiger partial charge is 0.142 e. The van der Waals surface area contributed by atoms with Crippen LogP contribution in [0.2, 0.25) is 0 Å². The average Bonchev–Trinajstić information content (AvgIpc) is 2.27. The van der Waals surface area contributed by atoms with Crippen LogP contribution >= 0.6 is 12.1 Å². The number of nitrogens with one attached hydrogen (secondary N) is 1. The minimum absolute atomic E-state index is 0.146. The molecule has 80 valence electrons. The molecular formula is C11H14N2OS. The van der Waals surface area contributed by atoms with Crippen LogP contribution in [0.4, 0.5) is 5.69 Å². The van der Waals surface area contributed by atoms with Crippen LogP contribution in [0.1, 0.15) is 25.5 Å². The molecule has 4 heteroatoms. The molecule has 1 aromatic rings. The number of rotatable bonds is 2. The van der Waals surface area contributed by atoms with E-state index in [4.69, 9.17) is 0 Å². The van der Waals surface area contributed by atoms with Crippen molar-refractivity contribution in [1.82, 2.24) is 4.31 Å². The summed E-state index contributed by atoms with van der Waals surface area (Å²) in [6.07, 6.45) is 1.01. The maximum absolute atomic E-state index is 11.2. The van der Waals surface area contributed by atoms with E-state index in [-0.39, 0.29) is 6.04 Å². The van der Waals surface area contributed by atoms with Crippen molar-refractivity contribution in [1.29, 1.82) is 0 Å². The molecule has 0 saturated heterocycles. The van der Waals surface area contributed by atoms with Gasteiger partial charge < -0.3 is 9.52 Å². The number of hydrogen-bond acceptors (Lipinski definition) is 4. The van der Waals surface area contributed by atoms with Crippen molar-refractivity contribution in [2.45, 2.75) is 25.9 Å². The van der Waals surface area contributed by atoms with Crippen molar-refractivity contribution >= 4 is 24.1 Å². The van der Waals surface area contributed by atoms with Crippen LogP contribution in [0.25, 0.3) is 0 Å². The minimum Gasteiger partial charge on any atom is -0.316 e. The Hall–Kier alpha value is -1.00. The Kier molecular flexibility index (Phi) is 2.98. The Morgan fingerprint density at radius 2 is 2.20 bits per heavy atom. The molecule has 1 heterocycles. The van der Waals surface area contributed by atoms with Gasteiger partial charge in [-0.2, -0.15) is 0 Å². The molecule has 1 atom stereocenters. The van der Waals surface area contributed by atoms with Crippen molar-refractivity contribution < 1.29 is 4.79 Å². The van der Waals surface area contributed by atoms with Crippen LogP contribution in [0.15, 0.2) is 24.3 Å². The topological polar surface area (TPSA) is 32.3 Å². The second kappa shape index (κ2) is 4.24. The molecule has 0 amide bonds. The van der Waals surface area contributed by atoms with E-state index in [2.05, 4.69) is 22.9 Å². The molecule has 0 spiro atoms. The first-order chi connectivity index (χ1) is 7.24. The molecule has 15 heavy (non-hydrogen) atoms. The molecule has 2 rings (SSSR count). The zero-order valence-corrected chi connectivity index (χ0v) is 9.62. The number of hydrogen-bond donors (Lipinski definition) is 1. The molecule has 0 fully saturated rings. The van der Waals surface area contributed by atoms with Gasteiger partial charge in [0.25, 0.3) is 0 Å². The van der Waals surface area contributed by atoms with Gasteiger partial charge in [-0.05, 0) is 19.9 Å². The third-order valence-electron chi connectivity index (χ3n) is 2.45. The van der Waals surface area contributed by atoms with E-state index in [9.17, 15) is 4.79 Å². The van der Waals surface area contributed by atoms with Gasteiger partial charge in [-0.1, -0.05) is 18.2 Å². The molecule has 0 radical (unpaired) electrons. The van der Waals surface area contributed by atoms with Crippen LogP contribution in [0, 0.1) is 0 Å². The summed E-state index contributed by atoms with van der Waals surface area (Å²) in [6.45, 7) is 4.16. The first-order valence-electron chi connectivity index (χ1n) is 4.99. The summed E-state index contributed by atoms with van der Waals surface area (Å²) in [6, 6.07) is 8.11. The van der Waals surface area contributed by atoms with E-state index < -0.39 is 0 Å². The largest absolute Gasteiger partial charge is 0.316 e. The van der Waals surface area contributed by atoms with E-state index in [0.717, 1.165) is 17.5 Å². The fourth-order valence-corrected chi connectivity index (χ4v) is 2.58. The average molecular weight is 222 g/mol. The molecule has 1 aromatic carbocycles. The van der Waals surface area contributed by atoms with Crippen LogP contribution in [-0.2, 0) is 4.79 Å². The summed E-state index contributed by atoms with van der Waals surface area (Å²) in [7, 11) is 0. The highest BCUT2D eigenvalue weighted by Crippen LogP contribution is 2.38. The van der Waals surface area contributed by atoms with Gasteiger partial charge in [0.1, 0.15) is 12.3 Å². The maximum atomic E-state index is 11.2. The number of anilines is 1. The number of carbonyl (C=O) groups excluding carboxylic acids is 1. The summed E-state index contributed by atoms with van der Waals surface area (Å²) in [5, 5.41) is 0. The Morgan fingerprint density at radius 3 is 2.87 bits per heavy atom. The van der Waals surface area contributed by atoms with Crippen molar-refractivity contribution in [2.75, 3.05) is 4.72 Å². The summed E-state index contributed by atoms with van der Waals surface area (Å²) in [4.78, 5) is 11.2. The second-order valence-electron chi connectivity index (χ2n) is 3.82. The molecule has 1 aliphatic heterocycles. The summed E-state index contributed by atoms with van der Waals surface area (Å²) in [5.41, 5.74) is 2.09. The molecule has 0 saturated carbocycles. The molecule has 0 aromatic heterocycles. The van der Waals surface area contributed by atoms with Crippen LogP contribution in [-0.4, -0.2) is 16.6 Å². The van der Waals surface area contributed by atoms with Crippen molar-refractivity contribution in [3.63, 3.8) is 0 Å². The van der Waals surface area contributed by atoms with Gasteiger partial charge in [-0.15, -0.1) is 0 Å². The first kappa shape index (κ1) is 10.5. The summed E-state index contributed by atoms with van der Waals surface area (Å²) >= 11 is 1.50. The Balaban J connectivity index is 2.38. The monoisotopic (exact) mass is 222 g/mol. The highest BCUT2D eigenvalue weighted by molar-refractivity contribution is 7.98. The Morgan fingerprint density at radius 1 is 1.47 bits per heavy atom. The third-order valence-corrected chi connectivity index (χ3v) is 3.62. The second-order valence-corrected chi connectivity index (χ2v) is 4.62. The highest BCUT2D eigenvalue weighted by atomic mass is 32.2. The third kappa shape index (κ3) is 1.87. The number of aldehydes is 1. The van der Waals surface area contributed by atoms with Crippen LogP contribution in [0.3, 0.4) is 0 Å². The minimum atomic E-state index is -0.146. The number of nitrogens with zero attached hydrogens (tertiary/aromatic N) is 1. The van der Waals surface area contributed by atoms with Gasteiger partial charge in [0, 0.05) is 23.7 Å².